The molecular weight excluding hydrogens is 465 g/mol. The Balaban J connectivity index is 0.00000264. The Morgan fingerprint density at radius 1 is 1.43 bits per heavy atom. The van der Waals surface area contributed by atoms with Gasteiger partial charge in [0.05, 0.1) is 10.9 Å². The summed E-state index contributed by atoms with van der Waals surface area (Å²) in [5.74, 6) is 0.787. The van der Waals surface area contributed by atoms with Crippen molar-refractivity contribution in [2.24, 2.45) is 4.99 Å². The molecule has 8 heteroatoms. The monoisotopic (exact) mass is 485 g/mol. The first-order chi connectivity index (χ1) is 10.6. The summed E-state index contributed by atoms with van der Waals surface area (Å²) in [6.07, 6.45) is -0.624. The summed E-state index contributed by atoms with van der Waals surface area (Å²) in [4.78, 5) is 7.42. The second-order valence-electron chi connectivity index (χ2n) is 4.84. The van der Waals surface area contributed by atoms with Crippen LogP contribution in [0.5, 0.6) is 0 Å². The first kappa shape index (κ1) is 20.7. The highest BCUT2D eigenvalue weighted by Gasteiger charge is 2.12. The first-order valence-corrected chi connectivity index (χ1v) is 9.17. The van der Waals surface area contributed by atoms with Gasteiger partial charge in [-0.25, -0.2) is 0 Å². The third-order valence-electron chi connectivity index (χ3n) is 3.03. The fraction of sp³-hybridized carbons (Fsp3) is 0.400. The van der Waals surface area contributed by atoms with Crippen molar-refractivity contribution in [3.8, 4) is 0 Å². The van der Waals surface area contributed by atoms with Gasteiger partial charge in [-0.2, -0.15) is 11.3 Å². The zero-order valence-electron chi connectivity index (χ0n) is 13.0. The SMILES string of the molecule is CCNC(=NCC(O)c1ccc(Cl)s1)N(C)Cc1ccsc1.I. The third kappa shape index (κ3) is 6.58. The summed E-state index contributed by atoms with van der Waals surface area (Å²) in [5, 5.41) is 17.6. The van der Waals surface area contributed by atoms with Gasteiger partial charge in [0.1, 0.15) is 6.10 Å². The highest BCUT2D eigenvalue weighted by atomic mass is 127. The number of guanidine groups is 1. The lowest BCUT2D eigenvalue weighted by atomic mass is 10.3. The van der Waals surface area contributed by atoms with E-state index in [1.54, 1.807) is 17.4 Å². The minimum absolute atomic E-state index is 0. The predicted molar refractivity (Wildman–Crippen MR) is 111 cm³/mol. The van der Waals surface area contributed by atoms with Crippen molar-refractivity contribution in [2.75, 3.05) is 20.1 Å². The predicted octanol–water partition coefficient (Wildman–Crippen LogP) is 4.21. The van der Waals surface area contributed by atoms with Crippen LogP contribution in [0.2, 0.25) is 4.34 Å². The molecule has 2 rings (SSSR count). The molecule has 0 bridgehead atoms. The Morgan fingerprint density at radius 2 is 2.22 bits per heavy atom. The molecule has 0 aliphatic heterocycles. The van der Waals surface area contributed by atoms with E-state index in [4.69, 9.17) is 11.6 Å². The second-order valence-corrected chi connectivity index (χ2v) is 7.37. The van der Waals surface area contributed by atoms with E-state index >= 15 is 0 Å². The number of aliphatic hydroxyl groups is 1. The van der Waals surface area contributed by atoms with Gasteiger partial charge in [-0.05, 0) is 41.4 Å². The minimum atomic E-state index is -0.624. The van der Waals surface area contributed by atoms with E-state index in [9.17, 15) is 5.11 Å². The number of nitrogens with one attached hydrogen (secondary N) is 1. The molecule has 0 aliphatic rings. The summed E-state index contributed by atoms with van der Waals surface area (Å²) < 4.78 is 0.680. The lowest BCUT2D eigenvalue weighted by Crippen LogP contribution is -2.38. The highest BCUT2D eigenvalue weighted by Crippen LogP contribution is 2.27. The van der Waals surface area contributed by atoms with Crippen molar-refractivity contribution in [3.63, 3.8) is 0 Å². The second kappa shape index (κ2) is 10.5. The molecule has 0 radical (unpaired) electrons. The van der Waals surface area contributed by atoms with Gasteiger partial charge in [-0.3, -0.25) is 4.99 Å². The van der Waals surface area contributed by atoms with Gasteiger partial charge in [0, 0.05) is 25.0 Å². The molecule has 0 amide bonds. The fourth-order valence-electron chi connectivity index (χ4n) is 1.97. The molecule has 0 aromatic carbocycles. The van der Waals surface area contributed by atoms with Crippen LogP contribution in [-0.4, -0.2) is 36.1 Å². The molecule has 0 saturated carbocycles. The zero-order valence-corrected chi connectivity index (χ0v) is 17.7. The van der Waals surface area contributed by atoms with Gasteiger partial charge in [0.25, 0.3) is 0 Å². The zero-order chi connectivity index (χ0) is 15.9. The van der Waals surface area contributed by atoms with E-state index in [0.29, 0.717) is 10.9 Å². The number of nitrogens with zero attached hydrogens (tertiary/aromatic N) is 2. The Bertz CT molecular complexity index is 604. The number of rotatable bonds is 6. The van der Waals surface area contributed by atoms with Gasteiger partial charge < -0.3 is 15.3 Å². The van der Waals surface area contributed by atoms with Crippen LogP contribution in [0.1, 0.15) is 23.5 Å². The summed E-state index contributed by atoms with van der Waals surface area (Å²) >= 11 is 8.97. The van der Waals surface area contributed by atoms with Crippen LogP contribution in [0.4, 0.5) is 0 Å². The van der Waals surface area contributed by atoms with Crippen LogP contribution in [0, 0.1) is 0 Å². The Kier molecular flexibility index (Phi) is 9.45. The first-order valence-electron chi connectivity index (χ1n) is 7.04. The molecule has 2 aromatic heterocycles. The van der Waals surface area contributed by atoms with Crippen LogP contribution in [0.3, 0.4) is 0 Å². The van der Waals surface area contributed by atoms with Gasteiger partial charge >= 0.3 is 0 Å². The van der Waals surface area contributed by atoms with Crippen LogP contribution in [0.25, 0.3) is 0 Å². The Hall–Kier alpha value is -0.350. The van der Waals surface area contributed by atoms with E-state index in [0.717, 1.165) is 23.9 Å². The van der Waals surface area contributed by atoms with Crippen LogP contribution in [-0.2, 0) is 6.54 Å². The molecule has 2 N–H and O–H groups in total. The van der Waals surface area contributed by atoms with Gasteiger partial charge in [-0.15, -0.1) is 35.3 Å². The fourth-order valence-corrected chi connectivity index (χ4v) is 3.67. The topological polar surface area (TPSA) is 47.9 Å². The maximum Gasteiger partial charge on any atom is 0.194 e. The highest BCUT2D eigenvalue weighted by molar-refractivity contribution is 14.0. The molecule has 128 valence electrons. The van der Waals surface area contributed by atoms with E-state index in [2.05, 4.69) is 32.0 Å². The molecule has 1 unspecified atom stereocenters. The number of aliphatic imine (C=N–C) groups is 1. The molecule has 0 fully saturated rings. The number of aliphatic hydroxyl groups excluding tert-OH is 1. The van der Waals surface area contributed by atoms with Crippen LogP contribution in [0.15, 0.2) is 34.0 Å². The van der Waals surface area contributed by atoms with E-state index < -0.39 is 6.10 Å². The van der Waals surface area contributed by atoms with E-state index in [-0.39, 0.29) is 24.0 Å². The van der Waals surface area contributed by atoms with Crippen molar-refractivity contribution < 1.29 is 5.11 Å². The summed E-state index contributed by atoms with van der Waals surface area (Å²) in [7, 11) is 1.99. The lowest BCUT2D eigenvalue weighted by Gasteiger charge is -2.22. The maximum atomic E-state index is 10.2. The van der Waals surface area contributed by atoms with Crippen molar-refractivity contribution in [1.82, 2.24) is 10.2 Å². The summed E-state index contributed by atoms with van der Waals surface area (Å²) in [6.45, 7) is 3.92. The van der Waals surface area contributed by atoms with Crippen LogP contribution < -0.4 is 5.32 Å². The molecule has 2 aromatic rings. The maximum absolute atomic E-state index is 10.2. The molecule has 0 spiro atoms. The molecule has 0 aliphatic carbocycles. The summed E-state index contributed by atoms with van der Waals surface area (Å²) in [5.41, 5.74) is 1.25. The standard InChI is InChI=1S/C15H20ClN3OS2.HI/c1-3-17-15(19(2)9-11-6-7-21-10-11)18-8-12(20)13-4-5-14(16)22-13;/h4-7,10,12,20H,3,8-9H2,1-2H3,(H,17,18);1H. The van der Waals surface area contributed by atoms with Crippen molar-refractivity contribution in [2.45, 2.75) is 19.6 Å². The molecule has 1 atom stereocenters. The smallest absolute Gasteiger partial charge is 0.194 e. The molecule has 23 heavy (non-hydrogen) atoms. The summed E-state index contributed by atoms with van der Waals surface area (Å²) in [6, 6.07) is 5.74. The Morgan fingerprint density at radius 3 is 2.78 bits per heavy atom. The van der Waals surface area contributed by atoms with Crippen molar-refractivity contribution >= 4 is 64.2 Å². The molecule has 4 nitrogen and oxygen atoms in total. The number of halogens is 2. The van der Waals surface area contributed by atoms with Gasteiger partial charge in [-0.1, -0.05) is 11.6 Å². The van der Waals surface area contributed by atoms with Crippen LogP contribution >= 0.6 is 58.3 Å². The van der Waals surface area contributed by atoms with Crippen molar-refractivity contribution in [1.29, 1.82) is 0 Å². The molecule has 2 heterocycles. The number of hydrogen-bond donors (Lipinski definition) is 2. The van der Waals surface area contributed by atoms with Gasteiger partial charge in [0.2, 0.25) is 0 Å². The Labute approximate surface area is 167 Å². The number of hydrogen-bond acceptors (Lipinski definition) is 4. The normalized spacial score (nSPS) is 12.6. The third-order valence-corrected chi connectivity index (χ3v) is 5.10. The average molecular weight is 486 g/mol. The molecular formula is C15H21ClIN3OS2. The lowest BCUT2D eigenvalue weighted by molar-refractivity contribution is 0.190. The number of thiophene rings is 2. The largest absolute Gasteiger partial charge is 0.386 e. The van der Waals surface area contributed by atoms with E-state index in [1.165, 1.54) is 16.9 Å². The molecule has 0 saturated heterocycles. The minimum Gasteiger partial charge on any atom is -0.386 e. The quantitative estimate of drug-likeness (QED) is 0.366. The van der Waals surface area contributed by atoms with E-state index in [1.807, 2.05) is 20.0 Å². The van der Waals surface area contributed by atoms with Crippen molar-refractivity contribution in [3.05, 3.63) is 43.7 Å². The average Bonchev–Trinajstić information content (AvgIpc) is 3.14. The van der Waals surface area contributed by atoms with Gasteiger partial charge in [0.15, 0.2) is 5.96 Å².